The minimum absolute atomic E-state index is 0.256. The number of nitrogens with one attached hydrogen (secondary N) is 1. The molecular formula is C13H20N6. The molecule has 0 spiro atoms. The highest BCUT2D eigenvalue weighted by molar-refractivity contribution is 5.50. The number of hydrogen-bond donors (Lipinski definition) is 1. The molecule has 19 heavy (non-hydrogen) atoms. The Hall–Kier alpha value is -1.87. The highest BCUT2D eigenvalue weighted by atomic mass is 15.3. The molecule has 6 heteroatoms. The van der Waals surface area contributed by atoms with Crippen molar-refractivity contribution in [1.29, 1.82) is 5.26 Å². The third-order valence-electron chi connectivity index (χ3n) is 3.45. The highest BCUT2D eigenvalue weighted by Crippen LogP contribution is 2.21. The molecule has 1 aromatic heterocycles. The summed E-state index contributed by atoms with van der Waals surface area (Å²) in [4.78, 5) is 13.3. The number of nitriles is 1. The van der Waals surface area contributed by atoms with E-state index in [1.807, 2.05) is 13.0 Å². The van der Waals surface area contributed by atoms with Gasteiger partial charge in [0.15, 0.2) is 0 Å². The van der Waals surface area contributed by atoms with E-state index in [1.54, 1.807) is 0 Å². The van der Waals surface area contributed by atoms with Crippen LogP contribution in [0.15, 0.2) is 6.07 Å². The SMILES string of the molecule is Cc1nc(NCC#N)cc(N(C)C2CCN(C)C2)n1. The summed E-state index contributed by atoms with van der Waals surface area (Å²) in [6, 6.07) is 4.45. The zero-order chi connectivity index (χ0) is 13.8. The molecular weight excluding hydrogens is 240 g/mol. The summed E-state index contributed by atoms with van der Waals surface area (Å²) in [5.41, 5.74) is 0. The van der Waals surface area contributed by atoms with Crippen LogP contribution in [0.4, 0.5) is 11.6 Å². The van der Waals surface area contributed by atoms with Gasteiger partial charge in [-0.15, -0.1) is 0 Å². The molecule has 1 saturated heterocycles. The van der Waals surface area contributed by atoms with Crippen LogP contribution in [-0.2, 0) is 0 Å². The van der Waals surface area contributed by atoms with E-state index in [1.165, 1.54) is 0 Å². The molecule has 1 aliphatic rings. The summed E-state index contributed by atoms with van der Waals surface area (Å²) in [5.74, 6) is 2.34. The molecule has 0 aliphatic carbocycles. The summed E-state index contributed by atoms with van der Waals surface area (Å²) in [5, 5.41) is 11.6. The number of aromatic nitrogens is 2. The van der Waals surface area contributed by atoms with E-state index in [4.69, 9.17) is 5.26 Å². The van der Waals surface area contributed by atoms with Gasteiger partial charge in [0.1, 0.15) is 24.0 Å². The predicted molar refractivity (Wildman–Crippen MR) is 75.2 cm³/mol. The average molecular weight is 260 g/mol. The van der Waals surface area contributed by atoms with Gasteiger partial charge in [0.05, 0.1) is 6.07 Å². The Morgan fingerprint density at radius 3 is 3.00 bits per heavy atom. The van der Waals surface area contributed by atoms with E-state index in [9.17, 15) is 0 Å². The molecule has 0 radical (unpaired) electrons. The minimum Gasteiger partial charge on any atom is -0.357 e. The normalized spacial score (nSPS) is 19.2. The first-order chi connectivity index (χ1) is 9.10. The molecule has 2 heterocycles. The summed E-state index contributed by atoms with van der Waals surface area (Å²) >= 11 is 0. The van der Waals surface area contributed by atoms with Crippen molar-refractivity contribution in [3.05, 3.63) is 11.9 Å². The number of aryl methyl sites for hydroxylation is 1. The Labute approximate surface area is 114 Å². The van der Waals surface area contributed by atoms with Crippen LogP contribution in [-0.4, -0.2) is 54.6 Å². The quantitative estimate of drug-likeness (QED) is 0.810. The third kappa shape index (κ3) is 3.32. The van der Waals surface area contributed by atoms with Crippen LogP contribution >= 0.6 is 0 Å². The zero-order valence-corrected chi connectivity index (χ0v) is 11.7. The second-order valence-electron chi connectivity index (χ2n) is 4.99. The fraction of sp³-hybridized carbons (Fsp3) is 0.615. The lowest BCUT2D eigenvalue weighted by molar-refractivity contribution is 0.409. The lowest BCUT2D eigenvalue weighted by atomic mass is 10.2. The molecule has 0 aromatic carbocycles. The Bertz CT molecular complexity index is 481. The van der Waals surface area contributed by atoms with Crippen LogP contribution in [0.5, 0.6) is 0 Å². The lowest BCUT2D eigenvalue weighted by Crippen LogP contribution is -2.34. The maximum absolute atomic E-state index is 8.61. The molecule has 1 N–H and O–H groups in total. The van der Waals surface area contributed by atoms with E-state index in [-0.39, 0.29) is 6.54 Å². The smallest absolute Gasteiger partial charge is 0.134 e. The molecule has 1 atom stereocenters. The molecule has 102 valence electrons. The van der Waals surface area contributed by atoms with Crippen LogP contribution in [0.3, 0.4) is 0 Å². The van der Waals surface area contributed by atoms with Gasteiger partial charge < -0.3 is 15.1 Å². The van der Waals surface area contributed by atoms with Crippen molar-refractivity contribution in [2.45, 2.75) is 19.4 Å². The summed E-state index contributed by atoms with van der Waals surface area (Å²) in [6.45, 7) is 4.31. The zero-order valence-electron chi connectivity index (χ0n) is 11.7. The first-order valence-electron chi connectivity index (χ1n) is 6.48. The van der Waals surface area contributed by atoms with Gasteiger partial charge in [-0.3, -0.25) is 0 Å². The number of anilines is 2. The molecule has 2 rings (SSSR count). The van der Waals surface area contributed by atoms with Gasteiger partial charge in [0.2, 0.25) is 0 Å². The third-order valence-corrected chi connectivity index (χ3v) is 3.45. The molecule has 1 fully saturated rings. The lowest BCUT2D eigenvalue weighted by Gasteiger charge is -2.26. The fourth-order valence-electron chi connectivity index (χ4n) is 2.37. The summed E-state index contributed by atoms with van der Waals surface area (Å²) < 4.78 is 0. The average Bonchev–Trinajstić information content (AvgIpc) is 2.81. The van der Waals surface area contributed by atoms with Gasteiger partial charge in [0.25, 0.3) is 0 Å². The van der Waals surface area contributed by atoms with E-state index >= 15 is 0 Å². The second kappa shape index (κ2) is 5.85. The van der Waals surface area contributed by atoms with Gasteiger partial charge in [0, 0.05) is 25.7 Å². The van der Waals surface area contributed by atoms with Crippen LogP contribution in [0, 0.1) is 18.3 Å². The van der Waals surface area contributed by atoms with Gasteiger partial charge in [-0.05, 0) is 26.9 Å². The highest BCUT2D eigenvalue weighted by Gasteiger charge is 2.24. The van der Waals surface area contributed by atoms with E-state index in [0.29, 0.717) is 11.9 Å². The molecule has 0 saturated carbocycles. The van der Waals surface area contributed by atoms with Crippen molar-refractivity contribution in [3.8, 4) is 6.07 Å². The van der Waals surface area contributed by atoms with Gasteiger partial charge in [-0.2, -0.15) is 5.26 Å². The number of likely N-dealkylation sites (tertiary alicyclic amines) is 1. The van der Waals surface area contributed by atoms with Crippen molar-refractivity contribution in [1.82, 2.24) is 14.9 Å². The fourth-order valence-corrected chi connectivity index (χ4v) is 2.37. The maximum Gasteiger partial charge on any atom is 0.134 e. The number of rotatable bonds is 4. The number of likely N-dealkylation sites (N-methyl/N-ethyl adjacent to an activating group) is 2. The molecule has 1 aromatic rings. The van der Waals surface area contributed by atoms with Gasteiger partial charge >= 0.3 is 0 Å². The second-order valence-corrected chi connectivity index (χ2v) is 4.99. The number of nitrogens with zero attached hydrogens (tertiary/aromatic N) is 5. The largest absolute Gasteiger partial charge is 0.357 e. The van der Waals surface area contributed by atoms with E-state index in [0.717, 1.165) is 31.2 Å². The summed E-state index contributed by atoms with van der Waals surface area (Å²) in [6.07, 6.45) is 1.15. The monoisotopic (exact) mass is 260 g/mol. The van der Waals surface area contributed by atoms with Crippen LogP contribution in [0.25, 0.3) is 0 Å². The maximum atomic E-state index is 8.61. The van der Waals surface area contributed by atoms with Gasteiger partial charge in [-0.1, -0.05) is 0 Å². The molecule has 1 aliphatic heterocycles. The first kappa shape index (κ1) is 13.6. The topological polar surface area (TPSA) is 68.1 Å². The Morgan fingerprint density at radius 2 is 2.37 bits per heavy atom. The van der Waals surface area contributed by atoms with Crippen molar-refractivity contribution in [2.24, 2.45) is 0 Å². The van der Waals surface area contributed by atoms with Crippen molar-refractivity contribution in [3.63, 3.8) is 0 Å². The van der Waals surface area contributed by atoms with Crippen molar-refractivity contribution >= 4 is 11.6 Å². The van der Waals surface area contributed by atoms with E-state index < -0.39 is 0 Å². The molecule has 6 nitrogen and oxygen atoms in total. The van der Waals surface area contributed by atoms with Crippen LogP contribution in [0.2, 0.25) is 0 Å². The Balaban J connectivity index is 2.14. The summed E-state index contributed by atoms with van der Waals surface area (Å²) in [7, 11) is 4.21. The Morgan fingerprint density at radius 1 is 1.58 bits per heavy atom. The molecule has 0 bridgehead atoms. The minimum atomic E-state index is 0.256. The van der Waals surface area contributed by atoms with Crippen LogP contribution < -0.4 is 10.2 Å². The predicted octanol–water partition coefficient (Wildman–Crippen LogP) is 0.861. The van der Waals surface area contributed by atoms with Gasteiger partial charge in [-0.25, -0.2) is 9.97 Å². The molecule has 0 amide bonds. The first-order valence-corrected chi connectivity index (χ1v) is 6.48. The number of hydrogen-bond acceptors (Lipinski definition) is 6. The van der Waals surface area contributed by atoms with E-state index in [2.05, 4.69) is 45.2 Å². The van der Waals surface area contributed by atoms with Crippen molar-refractivity contribution in [2.75, 3.05) is 43.9 Å². The Kier molecular flexibility index (Phi) is 4.17. The van der Waals surface area contributed by atoms with Crippen molar-refractivity contribution < 1.29 is 0 Å². The standard InChI is InChI=1S/C13H20N6/c1-10-16-12(15-6-5-14)8-13(17-10)19(3)11-4-7-18(2)9-11/h8,11H,4,6-7,9H2,1-3H3,(H,15,16,17). The van der Waals surface area contributed by atoms with Crippen LogP contribution in [0.1, 0.15) is 12.2 Å². The molecule has 1 unspecified atom stereocenters.